The van der Waals surface area contributed by atoms with Gasteiger partial charge in [0, 0.05) is 38.2 Å². The summed E-state index contributed by atoms with van der Waals surface area (Å²) in [4.78, 5) is 4.62. The van der Waals surface area contributed by atoms with Crippen LogP contribution in [0.25, 0.3) is 0 Å². The lowest BCUT2D eigenvalue weighted by Gasteiger charge is -2.12. The zero-order valence-corrected chi connectivity index (χ0v) is 20.2. The summed E-state index contributed by atoms with van der Waals surface area (Å²) < 4.78 is 63.7. The molecule has 2 rings (SSSR count). The number of benzene rings is 1. The van der Waals surface area contributed by atoms with Gasteiger partial charge in [-0.15, -0.1) is 24.0 Å². The minimum absolute atomic E-state index is 0. The van der Waals surface area contributed by atoms with Crippen molar-refractivity contribution in [2.45, 2.75) is 38.0 Å². The van der Waals surface area contributed by atoms with Crippen LogP contribution in [0.4, 0.5) is 13.2 Å². The summed E-state index contributed by atoms with van der Waals surface area (Å²) in [6.07, 6.45) is -2.08. The molecule has 1 heterocycles. The predicted molar refractivity (Wildman–Crippen MR) is 120 cm³/mol. The first kappa shape index (κ1) is 26.2. The Morgan fingerprint density at radius 2 is 1.93 bits per heavy atom. The smallest absolute Gasteiger partial charge is 0.357 e. The molecule has 2 aromatic rings. The van der Waals surface area contributed by atoms with Crippen LogP contribution in [-0.4, -0.2) is 37.0 Å². The fourth-order valence-corrected chi connectivity index (χ4v) is 3.78. The van der Waals surface area contributed by atoms with Gasteiger partial charge in [0.1, 0.15) is 0 Å². The molecule has 0 fully saturated rings. The van der Waals surface area contributed by atoms with Crippen LogP contribution >= 0.6 is 24.0 Å². The summed E-state index contributed by atoms with van der Waals surface area (Å²) in [6.45, 7) is 4.21. The molecule has 30 heavy (non-hydrogen) atoms. The van der Waals surface area contributed by atoms with E-state index in [1.54, 1.807) is 19.1 Å². The molecule has 0 aliphatic heterocycles. The van der Waals surface area contributed by atoms with Crippen molar-refractivity contribution in [1.29, 1.82) is 0 Å². The van der Waals surface area contributed by atoms with Crippen LogP contribution in [0.2, 0.25) is 0 Å². The summed E-state index contributed by atoms with van der Waals surface area (Å²) >= 11 is 0. The Balaban J connectivity index is 0.00000450. The second-order valence-corrected chi connectivity index (χ2v) is 8.58. The van der Waals surface area contributed by atoms with E-state index in [1.165, 1.54) is 19.3 Å². The van der Waals surface area contributed by atoms with Crippen molar-refractivity contribution in [1.82, 2.24) is 20.4 Å². The Morgan fingerprint density at radius 1 is 1.27 bits per heavy atom. The first-order valence-corrected chi connectivity index (χ1v) is 10.7. The van der Waals surface area contributed by atoms with Gasteiger partial charge in [0.15, 0.2) is 21.5 Å². The van der Waals surface area contributed by atoms with E-state index in [0.29, 0.717) is 18.1 Å². The molecule has 7 nitrogen and oxygen atoms in total. The van der Waals surface area contributed by atoms with Crippen LogP contribution in [0.3, 0.4) is 0 Å². The van der Waals surface area contributed by atoms with Crippen molar-refractivity contribution in [3.63, 3.8) is 0 Å². The summed E-state index contributed by atoms with van der Waals surface area (Å²) in [5, 5.41) is 9.33. The van der Waals surface area contributed by atoms with Crippen LogP contribution in [0.15, 0.2) is 34.3 Å². The van der Waals surface area contributed by atoms with E-state index in [2.05, 4.69) is 20.7 Å². The molecule has 0 radical (unpaired) electrons. The topological polar surface area (TPSA) is 88.4 Å². The molecule has 0 saturated carbocycles. The molecule has 0 spiro atoms. The molecular formula is C18H25F3IN5O2S. The normalized spacial score (nSPS) is 12.4. The maximum absolute atomic E-state index is 13.1. The third-order valence-electron chi connectivity index (χ3n) is 4.02. The molecule has 168 valence electrons. The van der Waals surface area contributed by atoms with Crippen molar-refractivity contribution >= 4 is 39.8 Å². The summed E-state index contributed by atoms with van der Waals surface area (Å²) in [5.74, 6) is 0.342. The van der Waals surface area contributed by atoms with Crippen LogP contribution in [-0.2, 0) is 36.2 Å². The van der Waals surface area contributed by atoms with Crippen LogP contribution < -0.4 is 10.6 Å². The van der Waals surface area contributed by atoms with Gasteiger partial charge in [-0.25, -0.2) is 13.4 Å². The highest BCUT2D eigenvalue weighted by molar-refractivity contribution is 14.0. The van der Waals surface area contributed by atoms with Gasteiger partial charge in [-0.2, -0.15) is 18.3 Å². The summed E-state index contributed by atoms with van der Waals surface area (Å²) in [6, 6.07) is 4.92. The Labute approximate surface area is 191 Å². The van der Waals surface area contributed by atoms with Crippen molar-refractivity contribution in [3.05, 3.63) is 46.8 Å². The lowest BCUT2D eigenvalue weighted by atomic mass is 10.1. The third kappa shape index (κ3) is 7.15. The van der Waals surface area contributed by atoms with Crippen molar-refractivity contribution in [2.75, 3.05) is 12.8 Å². The molecule has 0 saturated heterocycles. The molecular weight excluding hydrogens is 534 g/mol. The lowest BCUT2D eigenvalue weighted by molar-refractivity contribution is -0.142. The highest BCUT2D eigenvalue weighted by atomic mass is 127. The van der Waals surface area contributed by atoms with Crippen molar-refractivity contribution in [2.24, 2.45) is 12.0 Å². The average Bonchev–Trinajstić information content (AvgIpc) is 2.97. The number of rotatable bonds is 6. The monoisotopic (exact) mass is 559 g/mol. The number of halogens is 4. The van der Waals surface area contributed by atoms with E-state index >= 15 is 0 Å². The van der Waals surface area contributed by atoms with Gasteiger partial charge in [-0.05, 0) is 31.0 Å². The molecule has 0 aliphatic rings. The number of hydrogen-bond acceptors (Lipinski definition) is 4. The van der Waals surface area contributed by atoms with E-state index in [-0.39, 0.29) is 47.5 Å². The number of sulfone groups is 1. The number of aliphatic imine (C=N–C) groups is 1. The maximum atomic E-state index is 13.1. The third-order valence-corrected chi connectivity index (χ3v) is 5.28. The minimum Gasteiger partial charge on any atom is -0.357 e. The highest BCUT2D eigenvalue weighted by Gasteiger charge is 2.36. The number of hydrogen-bond donors (Lipinski definition) is 2. The molecule has 0 amide bonds. The second-order valence-electron chi connectivity index (χ2n) is 6.60. The predicted octanol–water partition coefficient (Wildman–Crippen LogP) is 3.02. The first-order chi connectivity index (χ1) is 13.4. The number of aromatic nitrogens is 2. The second kappa shape index (κ2) is 10.5. The van der Waals surface area contributed by atoms with Gasteiger partial charge in [-0.3, -0.25) is 4.68 Å². The van der Waals surface area contributed by atoms with Crippen LogP contribution in [0.1, 0.15) is 29.3 Å². The maximum Gasteiger partial charge on any atom is 0.435 e. The SMILES string of the molecule is CCNC(=NCc1ccc(S(C)(=O)=O)c(C)c1)NCc1cn(C)nc1C(F)(F)F.I. The Kier molecular flexibility index (Phi) is 9.14. The Hall–Kier alpha value is -1.83. The quantitative estimate of drug-likeness (QED) is 0.323. The molecule has 2 N–H and O–H groups in total. The van der Waals surface area contributed by atoms with Crippen LogP contribution in [0.5, 0.6) is 0 Å². The van der Waals surface area contributed by atoms with E-state index in [4.69, 9.17) is 0 Å². The van der Waals surface area contributed by atoms with Gasteiger partial charge in [-0.1, -0.05) is 12.1 Å². The molecule has 0 unspecified atom stereocenters. The Bertz CT molecular complexity index is 1000. The number of aryl methyl sites for hydroxylation is 2. The standard InChI is InChI=1S/C18H24F3N5O2S.HI/c1-5-22-17(24-10-14-11-26(3)25-16(14)18(19,20)21)23-9-13-6-7-15(12(2)8-13)29(4,27)28;/h6-8,11H,5,9-10H2,1-4H3,(H2,22,23,24);1H. The summed E-state index contributed by atoms with van der Waals surface area (Å²) in [5.41, 5.74) is 0.474. The van der Waals surface area contributed by atoms with Gasteiger partial charge in [0.2, 0.25) is 0 Å². The van der Waals surface area contributed by atoms with Gasteiger partial charge in [0.05, 0.1) is 11.4 Å². The molecule has 1 aromatic carbocycles. The minimum atomic E-state index is -4.54. The van der Waals surface area contributed by atoms with E-state index in [0.717, 1.165) is 16.5 Å². The van der Waals surface area contributed by atoms with Gasteiger partial charge in [0.25, 0.3) is 0 Å². The van der Waals surface area contributed by atoms with E-state index in [1.807, 2.05) is 6.92 Å². The molecule has 0 aliphatic carbocycles. The molecule has 0 bridgehead atoms. The number of nitrogens with zero attached hydrogens (tertiary/aromatic N) is 3. The van der Waals surface area contributed by atoms with Crippen molar-refractivity contribution < 1.29 is 21.6 Å². The highest BCUT2D eigenvalue weighted by Crippen LogP contribution is 2.30. The zero-order chi connectivity index (χ0) is 21.8. The largest absolute Gasteiger partial charge is 0.435 e. The number of alkyl halides is 3. The van der Waals surface area contributed by atoms with Gasteiger partial charge < -0.3 is 10.6 Å². The van der Waals surface area contributed by atoms with E-state index in [9.17, 15) is 21.6 Å². The summed E-state index contributed by atoms with van der Waals surface area (Å²) in [7, 11) is -1.87. The zero-order valence-electron chi connectivity index (χ0n) is 17.0. The fourth-order valence-electron chi connectivity index (χ4n) is 2.82. The molecule has 1 aromatic heterocycles. The van der Waals surface area contributed by atoms with Crippen LogP contribution in [0, 0.1) is 6.92 Å². The number of nitrogens with one attached hydrogen (secondary N) is 2. The fraction of sp³-hybridized carbons (Fsp3) is 0.444. The van der Waals surface area contributed by atoms with E-state index < -0.39 is 21.7 Å². The number of guanidine groups is 1. The lowest BCUT2D eigenvalue weighted by Crippen LogP contribution is -2.37. The first-order valence-electron chi connectivity index (χ1n) is 8.83. The molecule has 0 atom stereocenters. The van der Waals surface area contributed by atoms with Gasteiger partial charge >= 0.3 is 6.18 Å². The average molecular weight is 559 g/mol. The van der Waals surface area contributed by atoms with Crippen molar-refractivity contribution in [3.8, 4) is 0 Å². The molecule has 12 heteroatoms. The Morgan fingerprint density at radius 3 is 2.47 bits per heavy atom.